The van der Waals surface area contributed by atoms with E-state index in [1.807, 2.05) is 69.4 Å². The number of nitrogens with zero attached hydrogens (tertiary/aromatic N) is 3. The van der Waals surface area contributed by atoms with Crippen molar-refractivity contribution < 1.29 is 4.39 Å². The third kappa shape index (κ3) is 4.65. The van der Waals surface area contributed by atoms with Gasteiger partial charge in [-0.1, -0.05) is 60.7 Å². The molecule has 4 nitrogen and oxygen atoms in total. The number of anilines is 1. The maximum atomic E-state index is 13.8. The fourth-order valence-corrected chi connectivity index (χ4v) is 4.57. The molecule has 180 valence electrons. The van der Waals surface area contributed by atoms with Crippen molar-refractivity contribution in [1.82, 2.24) is 9.38 Å². The molecule has 1 N–H and O–H groups in total. The molecule has 5 heteroatoms. The van der Waals surface area contributed by atoms with Gasteiger partial charge in [-0.05, 0) is 62.6 Å². The Kier molecular flexibility index (Phi) is 6.38. The zero-order chi connectivity index (χ0) is 25.2. The molecule has 0 aliphatic rings. The first-order valence-electron chi connectivity index (χ1n) is 12.1. The lowest BCUT2D eigenvalue weighted by Crippen LogP contribution is -2.06. The molecule has 0 amide bonds. The average molecular weight is 477 g/mol. The number of fused-ring (bicyclic) bond motifs is 1. The predicted octanol–water partition coefficient (Wildman–Crippen LogP) is 7.49. The van der Waals surface area contributed by atoms with Gasteiger partial charge in [-0.3, -0.25) is 0 Å². The molecule has 5 rings (SSSR count). The minimum Gasteiger partial charge on any atom is -0.378 e. The van der Waals surface area contributed by atoms with Crippen LogP contribution < -0.4 is 5.32 Å². The van der Waals surface area contributed by atoms with Crippen molar-refractivity contribution in [3.8, 4) is 0 Å². The molecule has 0 spiro atoms. The van der Waals surface area contributed by atoms with E-state index in [1.165, 1.54) is 0 Å². The number of aromatic nitrogens is 2. The van der Waals surface area contributed by atoms with E-state index >= 15 is 0 Å². The lowest BCUT2D eigenvalue weighted by Gasteiger charge is -2.14. The summed E-state index contributed by atoms with van der Waals surface area (Å²) in [4.78, 5) is 9.95. The van der Waals surface area contributed by atoms with Crippen molar-refractivity contribution in [1.29, 1.82) is 0 Å². The summed E-state index contributed by atoms with van der Waals surface area (Å²) in [5, 5.41) is 3.56. The fraction of sp³-hybridized carbons (Fsp3) is 0.161. The Morgan fingerprint density at radius 1 is 0.861 bits per heavy atom. The molecule has 0 saturated heterocycles. The van der Waals surface area contributed by atoms with Crippen LogP contribution in [-0.4, -0.2) is 15.1 Å². The van der Waals surface area contributed by atoms with Crippen molar-refractivity contribution in [2.45, 2.75) is 34.2 Å². The first-order valence-corrected chi connectivity index (χ1v) is 12.1. The van der Waals surface area contributed by atoms with Crippen molar-refractivity contribution in [3.05, 3.63) is 130 Å². The number of benzene rings is 3. The minimum atomic E-state index is -0.207. The van der Waals surface area contributed by atoms with Crippen LogP contribution in [0.3, 0.4) is 0 Å². The smallest absolute Gasteiger partial charge is 0.160 e. The standard InChI is InChI=1S/C31H29FN4/c1-20-15-26(32)16-21(2)28(20)18-33-29-17-27(19-36-23(4)22(3)34-31(29)36)35-30(24-11-7-5-8-12-24)25-13-9-6-10-14-25/h5-17,19,33H,18H2,1-4H3. The van der Waals surface area contributed by atoms with E-state index < -0.39 is 0 Å². The molecule has 2 aromatic heterocycles. The van der Waals surface area contributed by atoms with Crippen molar-refractivity contribution in [3.63, 3.8) is 0 Å². The summed E-state index contributed by atoms with van der Waals surface area (Å²) in [7, 11) is 0. The van der Waals surface area contributed by atoms with Gasteiger partial charge in [0.25, 0.3) is 0 Å². The quantitative estimate of drug-likeness (QED) is 0.258. The van der Waals surface area contributed by atoms with Crippen LogP contribution >= 0.6 is 0 Å². The summed E-state index contributed by atoms with van der Waals surface area (Å²) in [6, 6.07) is 25.7. The van der Waals surface area contributed by atoms with Gasteiger partial charge in [-0.15, -0.1) is 0 Å². The van der Waals surface area contributed by atoms with Crippen LogP contribution in [0.25, 0.3) is 5.65 Å². The molecule has 0 atom stereocenters. The topological polar surface area (TPSA) is 41.7 Å². The van der Waals surface area contributed by atoms with Crippen molar-refractivity contribution in [2.24, 2.45) is 4.99 Å². The highest BCUT2D eigenvalue weighted by Crippen LogP contribution is 2.28. The molecule has 0 saturated carbocycles. The Bertz CT molecular complexity index is 1500. The van der Waals surface area contributed by atoms with Crippen LogP contribution in [0.2, 0.25) is 0 Å². The van der Waals surface area contributed by atoms with Gasteiger partial charge in [0.05, 0.1) is 22.8 Å². The fourth-order valence-electron chi connectivity index (χ4n) is 4.57. The second-order valence-electron chi connectivity index (χ2n) is 9.15. The maximum Gasteiger partial charge on any atom is 0.160 e. The van der Waals surface area contributed by atoms with E-state index in [0.29, 0.717) is 6.54 Å². The Morgan fingerprint density at radius 2 is 1.44 bits per heavy atom. The lowest BCUT2D eigenvalue weighted by atomic mass is 10.0. The number of nitrogens with one attached hydrogen (secondary N) is 1. The number of rotatable bonds is 6. The van der Waals surface area contributed by atoms with Crippen LogP contribution in [0.4, 0.5) is 15.8 Å². The number of hydrogen-bond acceptors (Lipinski definition) is 3. The monoisotopic (exact) mass is 476 g/mol. The van der Waals surface area contributed by atoms with E-state index in [1.54, 1.807) is 12.1 Å². The molecular weight excluding hydrogens is 447 g/mol. The zero-order valence-corrected chi connectivity index (χ0v) is 21.0. The predicted molar refractivity (Wildman–Crippen MR) is 146 cm³/mol. The maximum absolute atomic E-state index is 13.8. The molecule has 0 aliphatic heterocycles. The molecule has 5 aromatic rings. The van der Waals surface area contributed by atoms with Crippen molar-refractivity contribution in [2.75, 3.05) is 5.32 Å². The molecule has 0 fully saturated rings. The Labute approximate surface area is 211 Å². The molecule has 0 unspecified atom stereocenters. The lowest BCUT2D eigenvalue weighted by molar-refractivity contribution is 0.624. The summed E-state index contributed by atoms with van der Waals surface area (Å²) >= 11 is 0. The normalized spacial score (nSPS) is 11.0. The average Bonchev–Trinajstić information content (AvgIpc) is 3.16. The van der Waals surface area contributed by atoms with Gasteiger partial charge in [0.1, 0.15) is 5.82 Å². The van der Waals surface area contributed by atoms with Crippen LogP contribution in [-0.2, 0) is 6.54 Å². The molecule has 0 radical (unpaired) electrons. The van der Waals surface area contributed by atoms with E-state index in [-0.39, 0.29) is 5.82 Å². The highest BCUT2D eigenvalue weighted by Gasteiger charge is 2.14. The highest BCUT2D eigenvalue weighted by atomic mass is 19.1. The van der Waals surface area contributed by atoms with Gasteiger partial charge >= 0.3 is 0 Å². The molecule has 0 bridgehead atoms. The van der Waals surface area contributed by atoms with E-state index in [0.717, 1.165) is 61.9 Å². The van der Waals surface area contributed by atoms with Gasteiger partial charge in [-0.2, -0.15) is 0 Å². The van der Waals surface area contributed by atoms with E-state index in [2.05, 4.69) is 40.9 Å². The van der Waals surface area contributed by atoms with Crippen molar-refractivity contribution >= 4 is 22.7 Å². The Hall–Kier alpha value is -4.25. The van der Waals surface area contributed by atoms with Crippen LogP contribution in [0, 0.1) is 33.5 Å². The summed E-state index contributed by atoms with van der Waals surface area (Å²) in [6.45, 7) is 8.53. The molecule has 2 heterocycles. The summed E-state index contributed by atoms with van der Waals surface area (Å²) < 4.78 is 15.9. The summed E-state index contributed by atoms with van der Waals surface area (Å²) in [6.07, 6.45) is 2.04. The Morgan fingerprint density at radius 3 is 2.03 bits per heavy atom. The zero-order valence-electron chi connectivity index (χ0n) is 21.0. The van der Waals surface area contributed by atoms with E-state index in [4.69, 9.17) is 9.98 Å². The van der Waals surface area contributed by atoms with E-state index in [9.17, 15) is 4.39 Å². The third-order valence-corrected chi connectivity index (χ3v) is 6.63. The second-order valence-corrected chi connectivity index (χ2v) is 9.15. The van der Waals surface area contributed by atoms with Gasteiger partial charge in [-0.25, -0.2) is 14.4 Å². The highest BCUT2D eigenvalue weighted by molar-refractivity contribution is 6.14. The first kappa shape index (κ1) is 23.5. The first-order chi connectivity index (χ1) is 17.4. The number of hydrogen-bond donors (Lipinski definition) is 1. The number of aliphatic imine (C=N–C) groups is 1. The third-order valence-electron chi connectivity index (χ3n) is 6.63. The number of aryl methyl sites for hydroxylation is 4. The molecule has 3 aromatic carbocycles. The van der Waals surface area contributed by atoms with Gasteiger partial charge in [0.2, 0.25) is 0 Å². The van der Waals surface area contributed by atoms with Crippen LogP contribution in [0.15, 0.2) is 90.1 Å². The molecular formula is C31H29FN4. The van der Waals surface area contributed by atoms with Gasteiger partial charge in [0, 0.05) is 29.6 Å². The largest absolute Gasteiger partial charge is 0.378 e. The Balaban J connectivity index is 1.62. The summed E-state index contributed by atoms with van der Waals surface area (Å²) in [5.41, 5.74) is 10.5. The SMILES string of the molecule is Cc1cc(F)cc(C)c1CNc1cc(N=C(c2ccccc2)c2ccccc2)cn2c(C)c(C)nc12. The number of pyridine rings is 1. The summed E-state index contributed by atoms with van der Waals surface area (Å²) in [5.74, 6) is -0.207. The van der Waals surface area contributed by atoms with Gasteiger partial charge < -0.3 is 9.72 Å². The minimum absolute atomic E-state index is 0.207. The van der Waals surface area contributed by atoms with Crippen LogP contribution in [0.1, 0.15) is 39.2 Å². The number of halogens is 1. The molecule has 0 aliphatic carbocycles. The van der Waals surface area contributed by atoms with Gasteiger partial charge in [0.15, 0.2) is 5.65 Å². The van der Waals surface area contributed by atoms with Crippen LogP contribution in [0.5, 0.6) is 0 Å². The second kappa shape index (κ2) is 9.78. The number of imidazole rings is 1. The molecule has 36 heavy (non-hydrogen) atoms.